The standard InChI is InChI=1S/C13H9ClO2.C4H10O/c14-12-8-10(13(15)16)6-7-11(12)9-4-2-1-3-5-9;1-2-3-4-5/h1-8H,(H,15,16);5H,2-4H2,1H3. The molecule has 0 bridgehead atoms. The Kier molecular flexibility index (Phi) is 7.51. The highest BCUT2D eigenvalue weighted by Crippen LogP contribution is 2.28. The zero-order valence-corrected chi connectivity index (χ0v) is 12.7. The Morgan fingerprint density at radius 2 is 1.81 bits per heavy atom. The summed E-state index contributed by atoms with van der Waals surface area (Å²) in [5.41, 5.74) is 2.02. The number of unbranched alkanes of at least 4 members (excludes halogenated alkanes) is 1. The number of hydrogen-bond donors (Lipinski definition) is 2. The minimum absolute atomic E-state index is 0.199. The van der Waals surface area contributed by atoms with Gasteiger partial charge in [0.1, 0.15) is 0 Å². The number of aliphatic hydroxyl groups excluding tert-OH is 1. The lowest BCUT2D eigenvalue weighted by Crippen LogP contribution is -1.95. The van der Waals surface area contributed by atoms with Gasteiger partial charge in [0.05, 0.1) is 5.56 Å². The first kappa shape index (κ1) is 17.2. The summed E-state index contributed by atoms with van der Waals surface area (Å²) in [6, 6.07) is 14.4. The average Bonchev–Trinajstić information content (AvgIpc) is 2.49. The largest absolute Gasteiger partial charge is 0.478 e. The Hall–Kier alpha value is -1.84. The van der Waals surface area contributed by atoms with Crippen LogP contribution in [-0.4, -0.2) is 22.8 Å². The van der Waals surface area contributed by atoms with Gasteiger partial charge in [-0.05, 0) is 24.1 Å². The van der Waals surface area contributed by atoms with Gasteiger partial charge in [-0.25, -0.2) is 4.79 Å². The molecular weight excluding hydrogens is 288 g/mol. The molecule has 0 aromatic heterocycles. The van der Waals surface area contributed by atoms with Crippen molar-refractivity contribution in [2.24, 2.45) is 0 Å². The highest BCUT2D eigenvalue weighted by atomic mass is 35.5. The van der Waals surface area contributed by atoms with Crippen molar-refractivity contribution in [1.82, 2.24) is 0 Å². The molecule has 0 aliphatic carbocycles. The molecule has 2 rings (SSSR count). The van der Waals surface area contributed by atoms with Gasteiger partial charge in [-0.2, -0.15) is 0 Å². The second-order valence-corrected chi connectivity index (χ2v) is 4.85. The van der Waals surface area contributed by atoms with Gasteiger partial charge in [0.15, 0.2) is 0 Å². The number of aromatic carboxylic acids is 1. The van der Waals surface area contributed by atoms with E-state index in [0.29, 0.717) is 11.6 Å². The maximum absolute atomic E-state index is 10.7. The van der Waals surface area contributed by atoms with Crippen molar-refractivity contribution in [3.05, 3.63) is 59.1 Å². The molecule has 0 heterocycles. The molecule has 2 aromatic rings. The summed E-state index contributed by atoms with van der Waals surface area (Å²) in [6.45, 7) is 2.40. The molecule has 2 aromatic carbocycles. The van der Waals surface area contributed by atoms with Crippen LogP contribution in [0.3, 0.4) is 0 Å². The molecule has 0 unspecified atom stereocenters. The second-order valence-electron chi connectivity index (χ2n) is 4.44. The molecule has 0 spiro atoms. The number of aliphatic hydroxyl groups is 1. The molecule has 3 nitrogen and oxygen atoms in total. The van der Waals surface area contributed by atoms with E-state index in [-0.39, 0.29) is 5.56 Å². The Balaban J connectivity index is 0.000000383. The molecule has 0 amide bonds. The number of halogens is 1. The topological polar surface area (TPSA) is 57.5 Å². The van der Waals surface area contributed by atoms with Crippen LogP contribution >= 0.6 is 11.6 Å². The SMILES string of the molecule is CCCCO.O=C(O)c1ccc(-c2ccccc2)c(Cl)c1. The zero-order chi connectivity index (χ0) is 15.7. The third-order valence-electron chi connectivity index (χ3n) is 2.81. The fourth-order valence-electron chi connectivity index (χ4n) is 1.66. The molecular formula is C17H19ClO3. The van der Waals surface area contributed by atoms with Crippen LogP contribution in [0, 0.1) is 0 Å². The predicted octanol–water partition coefficient (Wildman–Crippen LogP) is 4.48. The van der Waals surface area contributed by atoms with Crippen molar-refractivity contribution in [2.75, 3.05) is 6.61 Å². The molecule has 0 fully saturated rings. The summed E-state index contributed by atoms with van der Waals surface area (Å²) in [6.07, 6.45) is 2.04. The molecule has 0 aliphatic heterocycles. The first-order chi connectivity index (χ1) is 10.1. The first-order valence-electron chi connectivity index (χ1n) is 6.79. The lowest BCUT2D eigenvalue weighted by Gasteiger charge is -2.05. The molecule has 4 heteroatoms. The predicted molar refractivity (Wildman–Crippen MR) is 85.8 cm³/mol. The van der Waals surface area contributed by atoms with Gasteiger partial charge in [-0.3, -0.25) is 0 Å². The van der Waals surface area contributed by atoms with E-state index in [9.17, 15) is 4.79 Å². The van der Waals surface area contributed by atoms with Crippen molar-refractivity contribution in [1.29, 1.82) is 0 Å². The van der Waals surface area contributed by atoms with Crippen LogP contribution in [0.4, 0.5) is 0 Å². The van der Waals surface area contributed by atoms with Crippen molar-refractivity contribution in [3.8, 4) is 11.1 Å². The molecule has 0 saturated heterocycles. The second kappa shape index (κ2) is 9.16. The van der Waals surface area contributed by atoms with E-state index in [4.69, 9.17) is 21.8 Å². The summed E-state index contributed by atoms with van der Waals surface area (Å²) in [5.74, 6) is -0.971. The van der Waals surface area contributed by atoms with Gasteiger partial charge in [0, 0.05) is 17.2 Å². The van der Waals surface area contributed by atoms with E-state index in [0.717, 1.165) is 24.0 Å². The van der Waals surface area contributed by atoms with E-state index >= 15 is 0 Å². The maximum atomic E-state index is 10.7. The van der Waals surface area contributed by atoms with Crippen LogP contribution in [0.2, 0.25) is 5.02 Å². The van der Waals surface area contributed by atoms with Crippen molar-refractivity contribution < 1.29 is 15.0 Å². The van der Waals surface area contributed by atoms with Crippen LogP contribution in [0.5, 0.6) is 0 Å². The molecule has 0 atom stereocenters. The van der Waals surface area contributed by atoms with Gasteiger partial charge in [0.2, 0.25) is 0 Å². The Morgan fingerprint density at radius 1 is 1.14 bits per heavy atom. The molecule has 0 saturated carbocycles. The lowest BCUT2D eigenvalue weighted by atomic mass is 10.0. The van der Waals surface area contributed by atoms with Crippen LogP contribution in [-0.2, 0) is 0 Å². The van der Waals surface area contributed by atoms with E-state index in [1.165, 1.54) is 6.07 Å². The van der Waals surface area contributed by atoms with Crippen LogP contribution in [0.25, 0.3) is 11.1 Å². The van der Waals surface area contributed by atoms with E-state index in [1.54, 1.807) is 12.1 Å². The highest BCUT2D eigenvalue weighted by Gasteiger charge is 2.07. The van der Waals surface area contributed by atoms with Crippen LogP contribution in [0.1, 0.15) is 30.1 Å². The van der Waals surface area contributed by atoms with E-state index in [1.807, 2.05) is 30.3 Å². The van der Waals surface area contributed by atoms with Gasteiger partial charge >= 0.3 is 5.97 Å². The number of carbonyl (C=O) groups is 1. The number of benzene rings is 2. The van der Waals surface area contributed by atoms with Gasteiger partial charge in [0.25, 0.3) is 0 Å². The third kappa shape index (κ3) is 5.58. The Bertz CT molecular complexity index is 566. The zero-order valence-electron chi connectivity index (χ0n) is 11.9. The van der Waals surface area contributed by atoms with E-state index < -0.39 is 5.97 Å². The number of carboxylic acids is 1. The quantitative estimate of drug-likeness (QED) is 0.875. The fraction of sp³-hybridized carbons (Fsp3) is 0.235. The number of rotatable bonds is 4. The van der Waals surface area contributed by atoms with E-state index in [2.05, 4.69) is 6.92 Å². The Morgan fingerprint density at radius 3 is 2.24 bits per heavy atom. The lowest BCUT2D eigenvalue weighted by molar-refractivity contribution is 0.0697. The van der Waals surface area contributed by atoms with Gasteiger partial charge in [-0.1, -0.05) is 61.3 Å². The first-order valence-corrected chi connectivity index (χ1v) is 7.17. The minimum atomic E-state index is -0.971. The summed E-state index contributed by atoms with van der Waals surface area (Å²) >= 11 is 6.04. The van der Waals surface area contributed by atoms with Crippen molar-refractivity contribution in [3.63, 3.8) is 0 Å². The molecule has 112 valence electrons. The van der Waals surface area contributed by atoms with Crippen LogP contribution < -0.4 is 0 Å². The summed E-state index contributed by atoms with van der Waals surface area (Å²) in [5, 5.41) is 17.3. The average molecular weight is 307 g/mol. The summed E-state index contributed by atoms with van der Waals surface area (Å²) < 4.78 is 0. The van der Waals surface area contributed by atoms with Gasteiger partial charge in [-0.15, -0.1) is 0 Å². The smallest absolute Gasteiger partial charge is 0.335 e. The molecule has 0 radical (unpaired) electrons. The molecule has 2 N–H and O–H groups in total. The monoisotopic (exact) mass is 306 g/mol. The van der Waals surface area contributed by atoms with Crippen molar-refractivity contribution >= 4 is 17.6 Å². The normalized spacial score (nSPS) is 9.67. The molecule has 0 aliphatic rings. The minimum Gasteiger partial charge on any atom is -0.478 e. The number of carboxylic acid groups (broad SMARTS) is 1. The summed E-state index contributed by atoms with van der Waals surface area (Å²) in [4.78, 5) is 10.7. The third-order valence-corrected chi connectivity index (χ3v) is 3.13. The van der Waals surface area contributed by atoms with Gasteiger partial charge < -0.3 is 10.2 Å². The number of hydrogen-bond acceptors (Lipinski definition) is 2. The Labute approximate surface area is 129 Å². The maximum Gasteiger partial charge on any atom is 0.335 e. The van der Waals surface area contributed by atoms with Crippen LogP contribution in [0.15, 0.2) is 48.5 Å². The highest BCUT2D eigenvalue weighted by molar-refractivity contribution is 6.33. The summed E-state index contributed by atoms with van der Waals surface area (Å²) in [7, 11) is 0. The van der Waals surface area contributed by atoms with Crippen molar-refractivity contribution in [2.45, 2.75) is 19.8 Å². The fourth-order valence-corrected chi connectivity index (χ4v) is 1.95. The molecule has 21 heavy (non-hydrogen) atoms.